The number of fused-ring (bicyclic) bond motifs is 1. The van der Waals surface area contributed by atoms with Gasteiger partial charge in [-0.1, -0.05) is 11.6 Å². The number of nitrogens with zero attached hydrogens (tertiary/aromatic N) is 2. The summed E-state index contributed by atoms with van der Waals surface area (Å²) < 4.78 is 0. The van der Waals surface area contributed by atoms with Gasteiger partial charge in [-0.3, -0.25) is 0 Å². The average Bonchev–Trinajstić information content (AvgIpc) is 2.50. The molecule has 0 saturated carbocycles. The van der Waals surface area contributed by atoms with E-state index in [2.05, 4.69) is 15.0 Å². The van der Waals surface area contributed by atoms with Crippen molar-refractivity contribution in [1.82, 2.24) is 15.0 Å². The normalized spacial score (nSPS) is 10.8. The zero-order chi connectivity index (χ0) is 8.55. The highest BCUT2D eigenvalue weighted by Gasteiger charge is 2.04. The van der Waals surface area contributed by atoms with Crippen LogP contribution in [0.5, 0.6) is 0 Å². The molecule has 0 aliphatic rings. The minimum atomic E-state index is 0.485. The fourth-order valence-corrected chi connectivity index (χ4v) is 1.87. The van der Waals surface area contributed by atoms with Crippen LogP contribution in [0.2, 0.25) is 5.15 Å². The maximum atomic E-state index is 5.78. The number of nitrogens with one attached hydrogen (secondary N) is 1. The first-order chi connectivity index (χ1) is 5.81. The molecule has 2 aromatic heterocycles. The van der Waals surface area contributed by atoms with Crippen LogP contribution in [0.25, 0.3) is 11.2 Å². The molecule has 2 rings (SSSR count). The molecule has 0 atom stereocenters. The molecular weight excluding hydrogens is 194 g/mol. The van der Waals surface area contributed by atoms with Gasteiger partial charge in [0.25, 0.3) is 0 Å². The van der Waals surface area contributed by atoms with Crippen molar-refractivity contribution in [3.8, 4) is 0 Å². The van der Waals surface area contributed by atoms with Gasteiger partial charge in [0.05, 0.1) is 11.8 Å². The molecule has 0 aliphatic heterocycles. The number of thioether (sulfide) groups is 1. The largest absolute Gasteiger partial charge is 0.342 e. The van der Waals surface area contributed by atoms with E-state index in [9.17, 15) is 0 Å². The molecule has 0 radical (unpaired) electrons. The van der Waals surface area contributed by atoms with Crippen LogP contribution in [0.3, 0.4) is 0 Å². The Balaban J connectivity index is 2.80. The minimum absolute atomic E-state index is 0.485. The molecule has 0 aliphatic carbocycles. The Morgan fingerprint density at radius 1 is 1.58 bits per heavy atom. The fraction of sp³-hybridized carbons (Fsp3) is 0.143. The number of pyridine rings is 1. The number of halogens is 1. The van der Waals surface area contributed by atoms with Crippen LogP contribution in [-0.4, -0.2) is 21.2 Å². The highest BCUT2D eigenvalue weighted by molar-refractivity contribution is 7.98. The van der Waals surface area contributed by atoms with E-state index in [1.54, 1.807) is 18.1 Å². The summed E-state index contributed by atoms with van der Waals surface area (Å²) in [4.78, 5) is 12.2. The molecule has 62 valence electrons. The van der Waals surface area contributed by atoms with E-state index >= 15 is 0 Å². The van der Waals surface area contributed by atoms with Crippen LogP contribution in [0.4, 0.5) is 0 Å². The van der Waals surface area contributed by atoms with E-state index in [1.807, 2.05) is 12.3 Å². The summed E-state index contributed by atoms with van der Waals surface area (Å²) in [5.74, 6) is 0. The number of hydrogen-bond acceptors (Lipinski definition) is 3. The quantitative estimate of drug-likeness (QED) is 0.566. The van der Waals surface area contributed by atoms with E-state index in [1.165, 1.54) is 0 Å². The summed E-state index contributed by atoms with van der Waals surface area (Å²) in [5.41, 5.74) is 1.62. The number of rotatable bonds is 1. The first-order valence-electron chi connectivity index (χ1n) is 3.35. The lowest BCUT2D eigenvalue weighted by molar-refractivity contribution is 1.30. The van der Waals surface area contributed by atoms with E-state index in [-0.39, 0.29) is 0 Å². The summed E-state index contributed by atoms with van der Waals surface area (Å²) in [5, 5.41) is 0.485. The SMILES string of the molecule is CSc1cc(Cl)nc2nc[nH]c12. The summed E-state index contributed by atoms with van der Waals surface area (Å²) in [6.45, 7) is 0. The van der Waals surface area contributed by atoms with E-state index < -0.39 is 0 Å². The molecule has 3 nitrogen and oxygen atoms in total. The van der Waals surface area contributed by atoms with Crippen LogP contribution in [0.15, 0.2) is 17.3 Å². The monoisotopic (exact) mass is 199 g/mol. The number of aromatic nitrogens is 3. The average molecular weight is 200 g/mol. The maximum absolute atomic E-state index is 5.78. The molecule has 2 aromatic rings. The van der Waals surface area contributed by atoms with Crippen molar-refractivity contribution in [3.63, 3.8) is 0 Å². The lowest BCUT2D eigenvalue weighted by Gasteiger charge is -1.97. The number of imidazole rings is 1. The predicted molar refractivity (Wildman–Crippen MR) is 50.7 cm³/mol. The Hall–Kier alpha value is -0.740. The van der Waals surface area contributed by atoms with E-state index in [0.29, 0.717) is 10.8 Å². The second-order valence-corrected chi connectivity index (χ2v) is 3.48. The van der Waals surface area contributed by atoms with Crippen molar-refractivity contribution >= 4 is 34.5 Å². The van der Waals surface area contributed by atoms with Crippen LogP contribution in [0.1, 0.15) is 0 Å². The Bertz CT molecular complexity index is 412. The van der Waals surface area contributed by atoms with Gasteiger partial charge in [-0.15, -0.1) is 11.8 Å². The molecule has 5 heteroatoms. The lowest BCUT2D eigenvalue weighted by Crippen LogP contribution is -1.81. The third-order valence-corrected chi connectivity index (χ3v) is 2.50. The predicted octanol–water partition coefficient (Wildman–Crippen LogP) is 2.33. The van der Waals surface area contributed by atoms with E-state index in [4.69, 9.17) is 11.6 Å². The van der Waals surface area contributed by atoms with Gasteiger partial charge in [0.2, 0.25) is 0 Å². The molecule has 12 heavy (non-hydrogen) atoms. The molecule has 0 fully saturated rings. The maximum Gasteiger partial charge on any atom is 0.179 e. The van der Waals surface area contributed by atoms with Gasteiger partial charge in [0.15, 0.2) is 5.65 Å². The van der Waals surface area contributed by atoms with Crippen molar-refractivity contribution in [2.45, 2.75) is 4.90 Å². The van der Waals surface area contributed by atoms with Gasteiger partial charge >= 0.3 is 0 Å². The number of aromatic amines is 1. The standard InChI is InChI=1S/C7H6ClN3S/c1-12-4-2-5(8)11-7-6(4)9-3-10-7/h2-3H,1H3,(H,9,10,11). The molecule has 0 spiro atoms. The van der Waals surface area contributed by atoms with Gasteiger partial charge < -0.3 is 4.98 Å². The molecule has 2 heterocycles. The van der Waals surface area contributed by atoms with Gasteiger partial charge in [-0.25, -0.2) is 9.97 Å². The Labute approximate surface area is 78.6 Å². The Kier molecular flexibility index (Phi) is 1.94. The second kappa shape index (κ2) is 2.95. The third kappa shape index (κ3) is 1.17. The van der Waals surface area contributed by atoms with E-state index in [0.717, 1.165) is 10.4 Å². The van der Waals surface area contributed by atoms with Gasteiger partial charge in [-0.05, 0) is 12.3 Å². The van der Waals surface area contributed by atoms with Crippen molar-refractivity contribution in [1.29, 1.82) is 0 Å². The van der Waals surface area contributed by atoms with Gasteiger partial charge in [-0.2, -0.15) is 0 Å². The fourth-order valence-electron chi connectivity index (χ4n) is 1.03. The molecule has 0 bridgehead atoms. The van der Waals surface area contributed by atoms with Crippen molar-refractivity contribution in [2.24, 2.45) is 0 Å². The molecule has 0 unspecified atom stereocenters. The van der Waals surface area contributed by atoms with Gasteiger partial charge in [0.1, 0.15) is 5.15 Å². The molecule has 1 N–H and O–H groups in total. The van der Waals surface area contributed by atoms with Crippen molar-refractivity contribution < 1.29 is 0 Å². The first-order valence-corrected chi connectivity index (χ1v) is 4.95. The first kappa shape index (κ1) is 7.89. The molecule has 0 amide bonds. The smallest absolute Gasteiger partial charge is 0.179 e. The topological polar surface area (TPSA) is 41.6 Å². The second-order valence-electron chi connectivity index (χ2n) is 2.25. The van der Waals surface area contributed by atoms with Gasteiger partial charge in [0, 0.05) is 4.90 Å². The summed E-state index contributed by atoms with van der Waals surface area (Å²) in [7, 11) is 0. The summed E-state index contributed by atoms with van der Waals surface area (Å²) >= 11 is 7.40. The van der Waals surface area contributed by atoms with Crippen LogP contribution >= 0.6 is 23.4 Å². The summed E-state index contributed by atoms with van der Waals surface area (Å²) in [6, 6.07) is 1.83. The zero-order valence-corrected chi connectivity index (χ0v) is 7.91. The lowest BCUT2D eigenvalue weighted by atomic mass is 10.4. The number of H-pyrrole nitrogens is 1. The van der Waals surface area contributed by atoms with Crippen molar-refractivity contribution in [2.75, 3.05) is 6.26 Å². The molecular formula is C7H6ClN3S. The number of hydrogen-bond donors (Lipinski definition) is 1. The minimum Gasteiger partial charge on any atom is -0.342 e. The van der Waals surface area contributed by atoms with Crippen LogP contribution in [0, 0.1) is 0 Å². The highest BCUT2D eigenvalue weighted by atomic mass is 35.5. The third-order valence-electron chi connectivity index (χ3n) is 1.55. The zero-order valence-electron chi connectivity index (χ0n) is 6.34. The molecule has 0 saturated heterocycles. The summed E-state index contributed by atoms with van der Waals surface area (Å²) in [6.07, 6.45) is 3.61. The van der Waals surface area contributed by atoms with Crippen molar-refractivity contribution in [3.05, 3.63) is 17.5 Å². The molecule has 0 aromatic carbocycles. The highest BCUT2D eigenvalue weighted by Crippen LogP contribution is 2.25. The van der Waals surface area contributed by atoms with Crippen LogP contribution < -0.4 is 0 Å². The Morgan fingerprint density at radius 3 is 3.17 bits per heavy atom. The Morgan fingerprint density at radius 2 is 2.42 bits per heavy atom. The van der Waals surface area contributed by atoms with Crippen LogP contribution in [-0.2, 0) is 0 Å².